The molecule has 0 saturated heterocycles. The second-order valence-electron chi connectivity index (χ2n) is 7.86. The summed E-state index contributed by atoms with van der Waals surface area (Å²) in [5, 5.41) is 0. The van der Waals surface area contributed by atoms with Crippen LogP contribution in [-0.2, 0) is 0 Å². The standard InChI is InChI=1S/C12H13N3.2C7H10N2.CH4/c1-9-2-4-10(5-3-9)15-7-6-11(13)12(14)8-15;2*1-5-2-3-6(8)7(9)4-5;/h2-8,13H,14H2,1H3;2*2-4H,8-9H2,1H3;1H4/p+1. The van der Waals surface area contributed by atoms with Crippen LogP contribution in [0.25, 0.3) is 5.69 Å². The van der Waals surface area contributed by atoms with Gasteiger partial charge in [0.1, 0.15) is 5.69 Å². The summed E-state index contributed by atoms with van der Waals surface area (Å²) in [6.07, 6.45) is 3.72. The largest absolute Gasteiger partial charge is 0.397 e. The van der Waals surface area contributed by atoms with Gasteiger partial charge in [-0.15, -0.1) is 0 Å². The molecule has 1 heterocycles. The van der Waals surface area contributed by atoms with Crippen molar-refractivity contribution in [3.05, 3.63) is 95.8 Å². The van der Waals surface area contributed by atoms with Gasteiger partial charge in [0, 0.05) is 18.2 Å². The van der Waals surface area contributed by atoms with Gasteiger partial charge in [-0.05, 0) is 56.2 Å². The Bertz CT molecular complexity index is 1150. The topological polar surface area (TPSA) is 160 Å². The molecule has 0 atom stereocenters. The Morgan fingerprint density at radius 2 is 0.882 bits per heavy atom. The van der Waals surface area contributed by atoms with Crippen LogP contribution < -0.4 is 39.0 Å². The van der Waals surface area contributed by atoms with Gasteiger partial charge in [-0.3, -0.25) is 0 Å². The van der Waals surface area contributed by atoms with E-state index < -0.39 is 0 Å². The van der Waals surface area contributed by atoms with Gasteiger partial charge < -0.3 is 34.4 Å². The molecule has 0 spiro atoms. The Morgan fingerprint density at radius 3 is 1.26 bits per heavy atom. The number of rotatable bonds is 1. The molecule has 0 radical (unpaired) electrons. The van der Waals surface area contributed by atoms with Crippen LogP contribution >= 0.6 is 0 Å². The van der Waals surface area contributed by atoms with Crippen LogP contribution in [0.15, 0.2) is 79.1 Å². The number of benzene rings is 3. The Hall–Kier alpha value is -4.39. The average Bonchev–Trinajstić information content (AvgIpc) is 2.77. The van der Waals surface area contributed by atoms with Crippen molar-refractivity contribution < 1.29 is 4.57 Å². The quantitative estimate of drug-likeness (QED) is 0.182. The van der Waals surface area contributed by atoms with E-state index in [1.54, 1.807) is 6.07 Å². The van der Waals surface area contributed by atoms with Gasteiger partial charge in [-0.2, -0.15) is 4.57 Å². The Kier molecular flexibility index (Phi) is 10.2. The number of nitrogens with zero attached hydrogens (tertiary/aromatic N) is 1. The third-order valence-electron chi connectivity index (χ3n) is 4.84. The highest BCUT2D eigenvalue weighted by atomic mass is 15.0. The summed E-state index contributed by atoms with van der Waals surface area (Å²) < 4.78 is 1.95. The van der Waals surface area contributed by atoms with E-state index in [0.717, 1.165) is 16.8 Å². The van der Waals surface area contributed by atoms with Crippen molar-refractivity contribution in [1.82, 2.24) is 0 Å². The lowest BCUT2D eigenvalue weighted by Gasteiger charge is -1.99. The third-order valence-corrected chi connectivity index (χ3v) is 4.84. The van der Waals surface area contributed by atoms with Crippen molar-refractivity contribution >= 4 is 34.1 Å². The highest BCUT2D eigenvalue weighted by Crippen LogP contribution is 2.15. The van der Waals surface area contributed by atoms with Gasteiger partial charge in [0.25, 0.3) is 0 Å². The van der Waals surface area contributed by atoms with E-state index in [-0.39, 0.29) is 7.43 Å². The first-order valence-corrected chi connectivity index (χ1v) is 10.4. The SMILES string of the molecule is C.Cc1ccc(-[n+]2ccc(N)c(N)c2)cc1.Cc1ccc(N)c(N)c1.Cc1ccc(N)c(N)c1. The van der Waals surface area contributed by atoms with Crippen molar-refractivity contribution in [2.45, 2.75) is 28.2 Å². The van der Waals surface area contributed by atoms with Crippen molar-refractivity contribution in [2.75, 3.05) is 34.4 Å². The normalized spacial score (nSPS) is 9.50. The molecule has 12 N–H and O–H groups in total. The lowest BCUT2D eigenvalue weighted by atomic mass is 10.2. The van der Waals surface area contributed by atoms with E-state index in [0.29, 0.717) is 34.1 Å². The van der Waals surface area contributed by atoms with Crippen molar-refractivity contribution in [2.24, 2.45) is 0 Å². The van der Waals surface area contributed by atoms with E-state index in [1.165, 1.54) is 5.56 Å². The van der Waals surface area contributed by atoms with Crippen molar-refractivity contribution in [3.63, 3.8) is 0 Å². The average molecular weight is 461 g/mol. The molecule has 4 aromatic rings. The summed E-state index contributed by atoms with van der Waals surface area (Å²) in [6.45, 7) is 6.03. The van der Waals surface area contributed by atoms with E-state index in [1.807, 2.05) is 79.3 Å². The first-order chi connectivity index (χ1) is 15.6. The molecule has 3 aromatic carbocycles. The van der Waals surface area contributed by atoms with Crippen LogP contribution in [0.3, 0.4) is 0 Å². The number of pyridine rings is 1. The highest BCUT2D eigenvalue weighted by molar-refractivity contribution is 5.64. The number of hydrogen-bond donors (Lipinski definition) is 6. The summed E-state index contributed by atoms with van der Waals surface area (Å²) >= 11 is 0. The van der Waals surface area contributed by atoms with Crippen molar-refractivity contribution in [1.29, 1.82) is 0 Å². The van der Waals surface area contributed by atoms with Crippen LogP contribution in [0.1, 0.15) is 24.1 Å². The fraction of sp³-hybridized carbons (Fsp3) is 0.148. The fourth-order valence-electron chi connectivity index (χ4n) is 2.79. The van der Waals surface area contributed by atoms with Crippen LogP contribution in [0, 0.1) is 20.8 Å². The lowest BCUT2D eigenvalue weighted by Crippen LogP contribution is -2.30. The number of nitrogens with two attached hydrogens (primary N) is 6. The molecule has 7 nitrogen and oxygen atoms in total. The van der Waals surface area contributed by atoms with Gasteiger partial charge in [0.2, 0.25) is 5.69 Å². The number of aryl methyl sites for hydroxylation is 3. The lowest BCUT2D eigenvalue weighted by molar-refractivity contribution is -0.594. The summed E-state index contributed by atoms with van der Waals surface area (Å²) in [4.78, 5) is 0. The minimum Gasteiger partial charge on any atom is -0.397 e. The third kappa shape index (κ3) is 8.27. The molecule has 180 valence electrons. The molecule has 0 aliphatic rings. The van der Waals surface area contributed by atoms with E-state index in [9.17, 15) is 0 Å². The molecule has 0 amide bonds. The second-order valence-corrected chi connectivity index (χ2v) is 7.86. The van der Waals surface area contributed by atoms with Gasteiger partial charge in [0.05, 0.1) is 28.4 Å². The number of aromatic nitrogens is 1. The van der Waals surface area contributed by atoms with Crippen LogP contribution in [0.5, 0.6) is 0 Å². The first kappa shape index (κ1) is 27.6. The molecule has 1 aromatic heterocycles. The number of nitrogen functional groups attached to an aromatic ring is 6. The molecule has 0 unspecified atom stereocenters. The number of anilines is 6. The van der Waals surface area contributed by atoms with Crippen molar-refractivity contribution in [3.8, 4) is 5.69 Å². The molecular formula is C27H38N7+. The minimum absolute atomic E-state index is 0. The number of hydrogen-bond acceptors (Lipinski definition) is 6. The Labute approximate surface area is 203 Å². The molecule has 7 heteroatoms. The maximum atomic E-state index is 5.74. The molecule has 0 saturated carbocycles. The van der Waals surface area contributed by atoms with Gasteiger partial charge in [-0.25, -0.2) is 0 Å². The predicted molar refractivity (Wildman–Crippen MR) is 148 cm³/mol. The highest BCUT2D eigenvalue weighted by Gasteiger charge is 2.07. The second kappa shape index (κ2) is 12.6. The van der Waals surface area contributed by atoms with Gasteiger partial charge in [0.15, 0.2) is 12.4 Å². The predicted octanol–water partition coefficient (Wildman–Crippen LogP) is 4.39. The Balaban J connectivity index is 0.000000266. The fourth-order valence-corrected chi connectivity index (χ4v) is 2.79. The van der Waals surface area contributed by atoms with Crippen LogP contribution in [-0.4, -0.2) is 0 Å². The zero-order chi connectivity index (χ0) is 24.5. The summed E-state index contributed by atoms with van der Waals surface area (Å²) in [6, 6.07) is 21.2. The van der Waals surface area contributed by atoms with Crippen LogP contribution in [0.4, 0.5) is 34.1 Å². The summed E-state index contributed by atoms with van der Waals surface area (Å²) in [7, 11) is 0. The Morgan fingerprint density at radius 1 is 0.471 bits per heavy atom. The zero-order valence-electron chi connectivity index (χ0n) is 19.4. The van der Waals surface area contributed by atoms with Crippen LogP contribution in [0.2, 0.25) is 0 Å². The molecule has 34 heavy (non-hydrogen) atoms. The molecule has 0 bridgehead atoms. The molecular weight excluding hydrogens is 422 g/mol. The minimum atomic E-state index is 0. The van der Waals surface area contributed by atoms with Gasteiger partial charge >= 0.3 is 0 Å². The molecule has 4 rings (SSSR count). The maximum Gasteiger partial charge on any atom is 0.210 e. The van der Waals surface area contributed by atoms with E-state index >= 15 is 0 Å². The monoisotopic (exact) mass is 460 g/mol. The summed E-state index contributed by atoms with van der Waals surface area (Å²) in [5.41, 5.74) is 41.7. The van der Waals surface area contributed by atoms with E-state index in [2.05, 4.69) is 19.1 Å². The smallest absolute Gasteiger partial charge is 0.210 e. The molecule has 0 fully saturated rings. The molecule has 0 aliphatic heterocycles. The van der Waals surface area contributed by atoms with Gasteiger partial charge in [-0.1, -0.05) is 37.3 Å². The summed E-state index contributed by atoms with van der Waals surface area (Å²) in [5.74, 6) is 0. The molecule has 0 aliphatic carbocycles. The first-order valence-electron chi connectivity index (χ1n) is 10.4. The van der Waals surface area contributed by atoms with E-state index in [4.69, 9.17) is 34.4 Å². The maximum absolute atomic E-state index is 5.74. The zero-order valence-corrected chi connectivity index (χ0v) is 19.4.